The molecule has 3 aliphatic carbocycles. The number of methoxy groups -OCH3 is 1. The van der Waals surface area contributed by atoms with E-state index in [1.54, 1.807) is 31.2 Å². The Hall–Kier alpha value is -3.26. The van der Waals surface area contributed by atoms with Gasteiger partial charge in [-0.3, -0.25) is 14.4 Å². The minimum Gasteiger partial charge on any atom is -0.496 e. The lowest BCUT2D eigenvalue weighted by atomic mass is 9.45. The second-order valence-electron chi connectivity index (χ2n) is 14.9. The second-order valence-corrected chi connectivity index (χ2v) is 14.9. The average Bonchev–Trinajstić information content (AvgIpc) is 3.45. The SMILES string of the molecule is COc1c(CN2O[C@@H](CO)[C@@H](C(C)O)[C@H]2C(=O)N[C@H]2C[C@H]3C[C@@H]([C@@H]2C)C3(C)C)cccc1-c1cc(C(=O)NC(CO)CO)cc(N(C)C)c1. The average molecular weight is 683 g/mol. The number of anilines is 1. The molecule has 49 heavy (non-hydrogen) atoms. The molecular formula is C37H54N4O8. The number of aliphatic hydroxyl groups excluding tert-OH is 4. The number of nitrogens with zero attached hydrogens (tertiary/aromatic N) is 2. The lowest BCUT2D eigenvalue weighted by molar-refractivity contribution is -0.183. The summed E-state index contributed by atoms with van der Waals surface area (Å²) in [4.78, 5) is 35.4. The molecule has 1 unspecified atom stereocenters. The summed E-state index contributed by atoms with van der Waals surface area (Å²) in [6, 6.07) is 9.36. The predicted octanol–water partition coefficient (Wildman–Crippen LogP) is 2.17. The molecule has 2 aromatic rings. The first-order valence-corrected chi connectivity index (χ1v) is 17.3. The molecule has 270 valence electrons. The van der Waals surface area contributed by atoms with Crippen LogP contribution in [-0.4, -0.2) is 109 Å². The van der Waals surface area contributed by atoms with Crippen LogP contribution in [0.25, 0.3) is 11.1 Å². The summed E-state index contributed by atoms with van der Waals surface area (Å²) in [6.07, 6.45) is 0.403. The monoisotopic (exact) mass is 682 g/mol. The van der Waals surface area contributed by atoms with Crippen LogP contribution in [-0.2, 0) is 16.2 Å². The third kappa shape index (κ3) is 7.17. The summed E-state index contributed by atoms with van der Waals surface area (Å²) in [6.45, 7) is 7.44. The van der Waals surface area contributed by atoms with Gasteiger partial charge >= 0.3 is 0 Å². The summed E-state index contributed by atoms with van der Waals surface area (Å²) >= 11 is 0. The Balaban J connectivity index is 1.46. The summed E-state index contributed by atoms with van der Waals surface area (Å²) < 4.78 is 5.97. The minimum atomic E-state index is -0.920. The molecule has 6 rings (SSSR count). The Morgan fingerprint density at radius 3 is 2.41 bits per heavy atom. The van der Waals surface area contributed by atoms with E-state index in [4.69, 9.17) is 9.57 Å². The molecule has 0 aromatic heterocycles. The van der Waals surface area contributed by atoms with E-state index in [0.29, 0.717) is 45.8 Å². The van der Waals surface area contributed by atoms with Gasteiger partial charge in [0.15, 0.2) is 0 Å². The van der Waals surface area contributed by atoms with Gasteiger partial charge in [0.25, 0.3) is 5.91 Å². The Labute approximate surface area is 289 Å². The van der Waals surface area contributed by atoms with Crippen molar-refractivity contribution < 1.29 is 39.6 Å². The van der Waals surface area contributed by atoms with Gasteiger partial charge in [-0.25, -0.2) is 0 Å². The molecule has 4 aliphatic rings. The van der Waals surface area contributed by atoms with Crippen molar-refractivity contribution in [2.45, 2.75) is 77.4 Å². The van der Waals surface area contributed by atoms with Crippen molar-refractivity contribution in [1.82, 2.24) is 15.7 Å². The molecule has 2 aromatic carbocycles. The molecule has 1 saturated heterocycles. The number of nitrogens with one attached hydrogen (secondary N) is 2. The third-order valence-corrected chi connectivity index (χ3v) is 11.5. The van der Waals surface area contributed by atoms with Gasteiger partial charge < -0.3 is 40.7 Å². The van der Waals surface area contributed by atoms with Crippen molar-refractivity contribution in [2.24, 2.45) is 29.1 Å². The number of hydroxylamine groups is 2. The highest BCUT2D eigenvalue weighted by Crippen LogP contribution is 2.61. The number of amides is 2. The largest absolute Gasteiger partial charge is 0.496 e. The summed E-state index contributed by atoms with van der Waals surface area (Å²) in [5.41, 5.74) is 3.46. The molecule has 6 N–H and O–H groups in total. The van der Waals surface area contributed by atoms with Crippen LogP contribution in [0.4, 0.5) is 5.69 Å². The highest BCUT2D eigenvalue weighted by molar-refractivity contribution is 5.97. The fraction of sp³-hybridized carbons (Fsp3) is 0.622. The van der Waals surface area contributed by atoms with Crippen LogP contribution in [0, 0.1) is 29.1 Å². The quantitative estimate of drug-likeness (QED) is 0.185. The zero-order valence-corrected chi connectivity index (χ0v) is 29.7. The highest BCUT2D eigenvalue weighted by Gasteiger charge is 2.57. The van der Waals surface area contributed by atoms with Crippen molar-refractivity contribution in [3.05, 3.63) is 47.5 Å². The van der Waals surface area contributed by atoms with E-state index in [9.17, 15) is 30.0 Å². The van der Waals surface area contributed by atoms with E-state index < -0.39 is 49.3 Å². The number of para-hydroxylation sites is 1. The van der Waals surface area contributed by atoms with Gasteiger partial charge in [-0.15, -0.1) is 0 Å². The first-order valence-electron chi connectivity index (χ1n) is 17.3. The van der Waals surface area contributed by atoms with Crippen LogP contribution in [0.2, 0.25) is 0 Å². The van der Waals surface area contributed by atoms with E-state index in [2.05, 4.69) is 31.4 Å². The smallest absolute Gasteiger partial charge is 0.251 e. The Morgan fingerprint density at radius 2 is 1.84 bits per heavy atom. The lowest BCUT2D eigenvalue weighted by Gasteiger charge is -2.62. The second kappa shape index (κ2) is 14.9. The van der Waals surface area contributed by atoms with Gasteiger partial charge in [0, 0.05) is 48.4 Å². The number of hydrogen-bond acceptors (Lipinski definition) is 10. The van der Waals surface area contributed by atoms with Crippen LogP contribution in [0.5, 0.6) is 5.75 Å². The van der Waals surface area contributed by atoms with Crippen LogP contribution in [0.1, 0.15) is 56.5 Å². The number of benzene rings is 2. The molecule has 12 nitrogen and oxygen atoms in total. The lowest BCUT2D eigenvalue weighted by Crippen LogP contribution is -2.62. The van der Waals surface area contributed by atoms with E-state index in [0.717, 1.165) is 12.1 Å². The molecule has 3 saturated carbocycles. The first-order chi connectivity index (χ1) is 23.2. The van der Waals surface area contributed by atoms with Gasteiger partial charge in [0.1, 0.15) is 17.9 Å². The molecule has 2 bridgehead atoms. The predicted molar refractivity (Wildman–Crippen MR) is 186 cm³/mol. The molecule has 12 heteroatoms. The zero-order chi connectivity index (χ0) is 35.8. The van der Waals surface area contributed by atoms with Crippen molar-refractivity contribution in [3.8, 4) is 16.9 Å². The van der Waals surface area contributed by atoms with Gasteiger partial charge in [-0.05, 0) is 66.7 Å². The first kappa shape index (κ1) is 37.0. The molecular weight excluding hydrogens is 628 g/mol. The van der Waals surface area contributed by atoms with Crippen molar-refractivity contribution in [3.63, 3.8) is 0 Å². The molecule has 0 spiro atoms. The topological polar surface area (TPSA) is 164 Å². The molecule has 0 radical (unpaired) electrons. The van der Waals surface area contributed by atoms with Crippen molar-refractivity contribution in [1.29, 1.82) is 0 Å². The number of fused-ring (bicyclic) bond motifs is 2. The van der Waals surface area contributed by atoms with Crippen LogP contribution in [0.3, 0.4) is 0 Å². The summed E-state index contributed by atoms with van der Waals surface area (Å²) in [7, 11) is 5.28. The van der Waals surface area contributed by atoms with Gasteiger partial charge in [0.05, 0.1) is 45.6 Å². The molecule has 2 amide bonds. The molecule has 4 fully saturated rings. The number of aliphatic hydroxyl groups is 4. The van der Waals surface area contributed by atoms with E-state index in [1.807, 2.05) is 43.3 Å². The van der Waals surface area contributed by atoms with Gasteiger partial charge in [0.2, 0.25) is 5.91 Å². The number of rotatable bonds is 13. The Kier molecular flexibility index (Phi) is 11.3. The maximum Gasteiger partial charge on any atom is 0.251 e. The minimum absolute atomic E-state index is 0.0206. The van der Waals surface area contributed by atoms with Gasteiger partial charge in [-0.1, -0.05) is 39.0 Å². The fourth-order valence-corrected chi connectivity index (χ4v) is 8.40. The Bertz CT molecular complexity index is 1490. The number of hydrogen-bond donors (Lipinski definition) is 6. The van der Waals surface area contributed by atoms with Crippen LogP contribution in [0.15, 0.2) is 36.4 Å². The highest BCUT2D eigenvalue weighted by atomic mass is 16.7. The van der Waals surface area contributed by atoms with E-state index >= 15 is 0 Å². The normalized spacial score (nSPS) is 28.1. The Morgan fingerprint density at radius 1 is 1.12 bits per heavy atom. The molecule has 8 atom stereocenters. The number of carbonyl (C=O) groups is 2. The van der Waals surface area contributed by atoms with Gasteiger partial charge in [-0.2, -0.15) is 5.06 Å². The fourth-order valence-electron chi connectivity index (χ4n) is 8.40. The maximum absolute atomic E-state index is 14.2. The van der Waals surface area contributed by atoms with Crippen LogP contribution < -0.4 is 20.3 Å². The number of carbonyl (C=O) groups excluding carboxylic acids is 2. The molecule has 1 aliphatic heterocycles. The van der Waals surface area contributed by atoms with Crippen LogP contribution >= 0.6 is 0 Å². The molecule has 1 heterocycles. The third-order valence-electron chi connectivity index (χ3n) is 11.5. The zero-order valence-electron chi connectivity index (χ0n) is 29.7. The maximum atomic E-state index is 14.2. The summed E-state index contributed by atoms with van der Waals surface area (Å²) in [5.74, 6) is 0.594. The standard InChI is InChI=1S/C37H54N4O8/c1-20-29-14-25(37(29,3)4)15-30(20)39-36(47)33-32(21(2)45)31(19-44)49-41(33)16-22-9-8-10-28(34(22)48-7)23-11-24(13-27(12-23)40(5)6)35(46)38-26(17-42)18-43/h8-13,20-21,25-26,29-33,42-45H,14-19H2,1-7H3,(H,38,46)(H,39,47)/t20-,21?,25+,29-,30-,31-,32+,33-/m0/s1. The van der Waals surface area contributed by atoms with E-state index in [1.165, 1.54) is 6.42 Å². The van der Waals surface area contributed by atoms with E-state index in [-0.39, 0.29) is 30.5 Å². The van der Waals surface area contributed by atoms with Crippen molar-refractivity contribution in [2.75, 3.05) is 45.9 Å². The van der Waals surface area contributed by atoms with Crippen molar-refractivity contribution >= 4 is 17.5 Å². The number of ether oxygens (including phenoxy) is 1. The summed E-state index contributed by atoms with van der Waals surface area (Å²) in [5, 5.41) is 47.7.